The summed E-state index contributed by atoms with van der Waals surface area (Å²) in [5.74, 6) is 4.08. The maximum atomic E-state index is 13.0. The molecule has 2 aromatic heterocycles. The molecule has 0 amide bonds. The van der Waals surface area contributed by atoms with E-state index in [1.165, 1.54) is 18.5 Å². The molecule has 4 rings (SSSR count). The van der Waals surface area contributed by atoms with Crippen LogP contribution in [0.1, 0.15) is 13.3 Å². The minimum absolute atomic E-state index is 0.0210. The Morgan fingerprint density at radius 3 is 2.61 bits per heavy atom. The number of alkyl halides is 3. The van der Waals surface area contributed by atoms with Crippen molar-refractivity contribution in [2.45, 2.75) is 19.5 Å². The summed E-state index contributed by atoms with van der Waals surface area (Å²) in [6, 6.07) is 8.57. The van der Waals surface area contributed by atoms with Gasteiger partial charge in [0.05, 0.1) is 23.0 Å². The first-order chi connectivity index (χ1) is 15.7. The van der Waals surface area contributed by atoms with Gasteiger partial charge >= 0.3 is 12.2 Å². The summed E-state index contributed by atoms with van der Waals surface area (Å²) in [5.41, 5.74) is 2.05. The lowest BCUT2D eigenvalue weighted by Gasteiger charge is -2.21. The number of aromatic nitrogens is 3. The number of halogens is 3. The molecule has 0 aliphatic heterocycles. The molecule has 0 radical (unpaired) electrons. The van der Waals surface area contributed by atoms with Crippen molar-refractivity contribution in [3.05, 3.63) is 66.1 Å². The molecule has 1 atom stereocenters. The summed E-state index contributed by atoms with van der Waals surface area (Å²) in [7, 11) is 1.81. The van der Waals surface area contributed by atoms with Gasteiger partial charge in [-0.05, 0) is 49.4 Å². The number of ether oxygens (including phenoxy) is 1. The number of hydrogen-bond acceptors (Lipinski definition) is 6. The van der Waals surface area contributed by atoms with Crippen LogP contribution < -0.4 is 9.64 Å². The summed E-state index contributed by atoms with van der Waals surface area (Å²) in [6.07, 6.45) is 2.10. The molecule has 9 heteroatoms. The average molecular weight is 452 g/mol. The maximum absolute atomic E-state index is 13.0. The second-order valence-corrected chi connectivity index (χ2v) is 7.40. The number of aromatic hydroxyl groups is 1. The fourth-order valence-corrected chi connectivity index (χ4v) is 3.18. The number of rotatable bonds is 5. The van der Waals surface area contributed by atoms with E-state index in [1.807, 2.05) is 11.9 Å². The van der Waals surface area contributed by atoms with Gasteiger partial charge in [0.2, 0.25) is 5.88 Å². The van der Waals surface area contributed by atoms with Crippen molar-refractivity contribution >= 4 is 16.6 Å². The van der Waals surface area contributed by atoms with Gasteiger partial charge in [-0.1, -0.05) is 11.8 Å². The van der Waals surface area contributed by atoms with Crippen LogP contribution in [0.15, 0.2) is 66.1 Å². The van der Waals surface area contributed by atoms with Crippen molar-refractivity contribution in [1.82, 2.24) is 15.0 Å². The Morgan fingerprint density at radius 2 is 1.88 bits per heavy atom. The Morgan fingerprint density at radius 1 is 1.12 bits per heavy atom. The fourth-order valence-electron chi connectivity index (χ4n) is 3.18. The quantitative estimate of drug-likeness (QED) is 0.525. The predicted molar refractivity (Wildman–Crippen MR) is 118 cm³/mol. The number of pyridine rings is 1. The van der Waals surface area contributed by atoms with Gasteiger partial charge in [0.1, 0.15) is 5.75 Å². The normalized spacial score (nSPS) is 14.5. The molecule has 0 saturated heterocycles. The van der Waals surface area contributed by atoms with Crippen molar-refractivity contribution < 1.29 is 23.0 Å². The summed E-state index contributed by atoms with van der Waals surface area (Å²) in [6.45, 7) is 1.11. The first kappa shape index (κ1) is 22.1. The van der Waals surface area contributed by atoms with E-state index in [-0.39, 0.29) is 17.5 Å². The van der Waals surface area contributed by atoms with Crippen molar-refractivity contribution in [3.63, 3.8) is 0 Å². The maximum Gasteiger partial charge on any atom is 0.396 e. The molecule has 3 aromatic rings. The molecule has 0 spiro atoms. The summed E-state index contributed by atoms with van der Waals surface area (Å²) in [4.78, 5) is 14.0. The Balaban J connectivity index is 1.50. The third-order valence-corrected chi connectivity index (χ3v) is 5.24. The Hall–Kier alpha value is -4.06. The lowest BCUT2D eigenvalue weighted by Crippen LogP contribution is -2.21. The van der Waals surface area contributed by atoms with Crippen LogP contribution in [0.5, 0.6) is 17.6 Å². The van der Waals surface area contributed by atoms with Gasteiger partial charge in [-0.15, -0.1) is 0 Å². The standard InChI is InChI=1S/C24H19F3N4O2/c1-15(24(25,26)27)16-4-3-5-17(7-6-16)31(2)18-8-10-19(11-9-18)33-23-29-21-14-28-13-12-20(21)22(32)30-23/h6-15H,5H2,1-2H3,(H,29,30,32). The molecule has 33 heavy (non-hydrogen) atoms. The molecule has 1 unspecified atom stereocenters. The first-order valence-electron chi connectivity index (χ1n) is 10.0. The molecule has 0 fully saturated rings. The molecule has 0 bridgehead atoms. The van der Waals surface area contributed by atoms with Gasteiger partial charge < -0.3 is 14.7 Å². The predicted octanol–water partition coefficient (Wildman–Crippen LogP) is 5.37. The molecule has 1 aliphatic rings. The van der Waals surface area contributed by atoms with Crippen molar-refractivity contribution in [1.29, 1.82) is 0 Å². The van der Waals surface area contributed by atoms with E-state index in [9.17, 15) is 18.3 Å². The van der Waals surface area contributed by atoms with Crippen LogP contribution in [0.25, 0.3) is 10.9 Å². The minimum atomic E-state index is -4.33. The van der Waals surface area contributed by atoms with E-state index in [2.05, 4.69) is 26.8 Å². The van der Waals surface area contributed by atoms with Crippen LogP contribution in [0.3, 0.4) is 0 Å². The molecule has 168 valence electrons. The Labute approximate surface area is 188 Å². The van der Waals surface area contributed by atoms with Gasteiger partial charge in [-0.25, -0.2) is 0 Å². The van der Waals surface area contributed by atoms with Crippen molar-refractivity contribution in [3.8, 4) is 29.5 Å². The third-order valence-electron chi connectivity index (χ3n) is 5.24. The van der Waals surface area contributed by atoms with E-state index in [0.717, 1.165) is 18.3 Å². The highest BCUT2D eigenvalue weighted by atomic mass is 19.4. The highest BCUT2D eigenvalue weighted by molar-refractivity contribution is 5.82. The van der Waals surface area contributed by atoms with Gasteiger partial charge in [-0.2, -0.15) is 23.1 Å². The van der Waals surface area contributed by atoms with Crippen LogP contribution in [0, 0.1) is 17.8 Å². The van der Waals surface area contributed by atoms with Crippen LogP contribution in [-0.4, -0.2) is 33.3 Å². The number of benzene rings is 1. The molecular formula is C24H19F3N4O2. The number of nitrogens with zero attached hydrogens (tertiary/aromatic N) is 4. The highest BCUT2D eigenvalue weighted by Gasteiger charge is 2.38. The molecule has 1 aromatic carbocycles. The van der Waals surface area contributed by atoms with Gasteiger partial charge in [0.25, 0.3) is 0 Å². The van der Waals surface area contributed by atoms with Gasteiger partial charge in [-0.3, -0.25) is 4.98 Å². The van der Waals surface area contributed by atoms with Crippen molar-refractivity contribution in [2.75, 3.05) is 11.9 Å². The average Bonchev–Trinajstić information content (AvgIpc) is 3.04. The van der Waals surface area contributed by atoms with Crippen LogP contribution in [-0.2, 0) is 0 Å². The minimum Gasteiger partial charge on any atom is -0.493 e. The molecule has 1 N–H and O–H groups in total. The zero-order valence-electron chi connectivity index (χ0n) is 17.8. The zero-order valence-corrected chi connectivity index (χ0v) is 17.8. The SMILES string of the molecule is CC(C1=CC=C(N(C)c2ccc(Oc3nc(O)c4ccncc4n3)cc2)CC#C1)C(F)(F)F. The molecule has 6 nitrogen and oxygen atoms in total. The lowest BCUT2D eigenvalue weighted by atomic mass is 10.0. The zero-order chi connectivity index (χ0) is 23.6. The van der Waals surface area contributed by atoms with E-state index < -0.39 is 12.1 Å². The van der Waals surface area contributed by atoms with Crippen LogP contribution >= 0.6 is 0 Å². The largest absolute Gasteiger partial charge is 0.493 e. The van der Waals surface area contributed by atoms with E-state index in [4.69, 9.17) is 4.74 Å². The molecular weight excluding hydrogens is 433 g/mol. The highest BCUT2D eigenvalue weighted by Crippen LogP contribution is 2.32. The topological polar surface area (TPSA) is 71.4 Å². The Kier molecular flexibility index (Phi) is 5.92. The second-order valence-electron chi connectivity index (χ2n) is 7.40. The number of hydrogen-bond donors (Lipinski definition) is 1. The van der Waals surface area contributed by atoms with Crippen LogP contribution in [0.4, 0.5) is 18.9 Å². The number of anilines is 1. The van der Waals surface area contributed by atoms with Gasteiger partial charge in [0.15, 0.2) is 0 Å². The molecule has 0 saturated carbocycles. The second kappa shape index (κ2) is 8.82. The summed E-state index contributed by atoms with van der Waals surface area (Å²) >= 11 is 0. The van der Waals surface area contributed by atoms with E-state index >= 15 is 0 Å². The van der Waals surface area contributed by atoms with Gasteiger partial charge in [0, 0.05) is 36.6 Å². The lowest BCUT2D eigenvalue weighted by molar-refractivity contribution is -0.158. The fraction of sp³-hybridized carbons (Fsp3) is 0.208. The van der Waals surface area contributed by atoms with Crippen LogP contribution in [0.2, 0.25) is 0 Å². The smallest absolute Gasteiger partial charge is 0.396 e. The Bertz CT molecular complexity index is 1310. The van der Waals surface area contributed by atoms with Crippen molar-refractivity contribution in [2.24, 2.45) is 5.92 Å². The summed E-state index contributed by atoms with van der Waals surface area (Å²) in [5, 5.41) is 10.5. The van der Waals surface area contributed by atoms with E-state index in [0.29, 0.717) is 23.1 Å². The summed E-state index contributed by atoms with van der Waals surface area (Å²) < 4.78 is 44.7. The number of allylic oxidation sites excluding steroid dienone is 4. The molecule has 1 aliphatic carbocycles. The number of fused-ring (bicyclic) bond motifs is 1. The monoisotopic (exact) mass is 452 g/mol. The third kappa shape index (κ3) is 4.90. The molecule has 2 heterocycles. The first-order valence-corrected chi connectivity index (χ1v) is 10.0. The van der Waals surface area contributed by atoms with E-state index in [1.54, 1.807) is 36.4 Å².